The van der Waals surface area contributed by atoms with E-state index in [1.807, 2.05) is 0 Å². The molecule has 0 aliphatic rings. The minimum absolute atomic E-state index is 0.171. The molecule has 1 rings (SSSR count). The third kappa shape index (κ3) is 6.04. The van der Waals surface area contributed by atoms with Crippen LogP contribution < -0.4 is 14.8 Å². The normalized spacial score (nSPS) is 10.1. The third-order valence-electron chi connectivity index (χ3n) is 2.18. The van der Waals surface area contributed by atoms with Crippen LogP contribution in [0.2, 0.25) is 0 Å². The first kappa shape index (κ1) is 16.6. The monoisotopic (exact) mass is 292 g/mol. The van der Waals surface area contributed by atoms with Gasteiger partial charge in [-0.1, -0.05) is 11.8 Å². The molecule has 21 heavy (non-hydrogen) atoms. The van der Waals surface area contributed by atoms with Crippen LogP contribution in [0.3, 0.4) is 0 Å². The number of ether oxygens (including phenoxy) is 3. The predicted octanol–water partition coefficient (Wildman–Crippen LogP) is 1.97. The van der Waals surface area contributed by atoms with Gasteiger partial charge in [0.1, 0.15) is 5.60 Å². The van der Waals surface area contributed by atoms with Gasteiger partial charge in [0, 0.05) is 6.07 Å². The van der Waals surface area contributed by atoms with Gasteiger partial charge in [-0.25, -0.2) is 4.79 Å². The fourth-order valence-corrected chi connectivity index (χ4v) is 1.36. The summed E-state index contributed by atoms with van der Waals surface area (Å²) >= 11 is 0. The number of carbonyl (C=O) groups excluding carboxylic acids is 1. The maximum atomic E-state index is 11.4. The molecule has 0 aliphatic carbocycles. The van der Waals surface area contributed by atoms with Crippen molar-refractivity contribution in [2.24, 2.45) is 0 Å². The molecule has 6 nitrogen and oxygen atoms in total. The van der Waals surface area contributed by atoms with Crippen LogP contribution in [0.4, 0.5) is 4.79 Å². The highest BCUT2D eigenvalue weighted by Gasteiger charge is 2.15. The highest BCUT2D eigenvalue weighted by molar-refractivity contribution is 5.68. The predicted molar refractivity (Wildman–Crippen MR) is 78.5 cm³/mol. The molecule has 0 bridgehead atoms. The number of alkyl carbamates (subject to hydrolysis) is 1. The van der Waals surface area contributed by atoms with E-state index in [4.69, 9.17) is 14.2 Å². The molecule has 1 amide bonds. The molecule has 0 atom stereocenters. The lowest BCUT2D eigenvalue weighted by atomic mass is 10.2. The van der Waals surface area contributed by atoms with Crippen molar-refractivity contribution in [2.45, 2.75) is 26.4 Å². The van der Waals surface area contributed by atoms with E-state index in [1.54, 1.807) is 32.9 Å². The number of nitrogens with one attached hydrogen (secondary N) is 1. The first-order chi connectivity index (χ1) is 9.85. The smallest absolute Gasteiger partial charge is 0.408 e. The van der Waals surface area contributed by atoms with Gasteiger partial charge in [0.05, 0.1) is 26.3 Å². The standard InChI is InChI=1S/C15H20N2O4/c1-15(2,3)21-14(18)16-10-6-7-11-8-9-12(19-4)17-13(11)20-5/h8-9H,10H2,1-5H3,(H,16,18). The number of carbonyl (C=O) groups is 1. The van der Waals surface area contributed by atoms with Crippen LogP contribution in [-0.4, -0.2) is 37.4 Å². The summed E-state index contributed by atoms with van der Waals surface area (Å²) in [5, 5.41) is 2.55. The minimum atomic E-state index is -0.527. The Labute approximate surface area is 124 Å². The van der Waals surface area contributed by atoms with Crippen molar-refractivity contribution in [2.75, 3.05) is 20.8 Å². The second-order valence-corrected chi connectivity index (χ2v) is 5.07. The van der Waals surface area contributed by atoms with Crippen molar-refractivity contribution in [3.05, 3.63) is 17.7 Å². The molecule has 6 heteroatoms. The van der Waals surface area contributed by atoms with E-state index in [-0.39, 0.29) is 6.54 Å². The van der Waals surface area contributed by atoms with E-state index in [0.717, 1.165) is 0 Å². The Morgan fingerprint density at radius 2 is 2.00 bits per heavy atom. The number of amides is 1. The van der Waals surface area contributed by atoms with Crippen LogP contribution in [0, 0.1) is 11.8 Å². The first-order valence-corrected chi connectivity index (χ1v) is 6.40. The van der Waals surface area contributed by atoms with Gasteiger partial charge < -0.3 is 19.5 Å². The number of aromatic nitrogens is 1. The van der Waals surface area contributed by atoms with Gasteiger partial charge in [-0.3, -0.25) is 0 Å². The maximum Gasteiger partial charge on any atom is 0.408 e. The van der Waals surface area contributed by atoms with Gasteiger partial charge >= 0.3 is 6.09 Å². The zero-order chi connectivity index (χ0) is 15.9. The largest absolute Gasteiger partial charge is 0.481 e. The molecule has 0 unspecified atom stereocenters. The van der Waals surface area contributed by atoms with Crippen molar-refractivity contribution >= 4 is 6.09 Å². The second kappa shape index (κ2) is 7.39. The summed E-state index contributed by atoms with van der Waals surface area (Å²) in [5.41, 5.74) is 0.0879. The molecule has 1 heterocycles. The molecular formula is C15H20N2O4. The van der Waals surface area contributed by atoms with E-state index in [2.05, 4.69) is 22.1 Å². The summed E-state index contributed by atoms with van der Waals surface area (Å²) in [7, 11) is 3.03. The van der Waals surface area contributed by atoms with Gasteiger partial charge in [0.25, 0.3) is 0 Å². The fraction of sp³-hybridized carbons (Fsp3) is 0.467. The second-order valence-electron chi connectivity index (χ2n) is 5.07. The van der Waals surface area contributed by atoms with E-state index in [0.29, 0.717) is 17.3 Å². The number of hydrogen-bond acceptors (Lipinski definition) is 5. The molecule has 0 radical (unpaired) electrons. The Balaban J connectivity index is 2.61. The molecule has 1 aromatic rings. The topological polar surface area (TPSA) is 69.7 Å². The van der Waals surface area contributed by atoms with Gasteiger partial charge in [-0.15, -0.1) is 0 Å². The molecule has 114 valence electrons. The molecule has 0 aliphatic heterocycles. The summed E-state index contributed by atoms with van der Waals surface area (Å²) in [6.45, 7) is 5.56. The van der Waals surface area contributed by atoms with Crippen LogP contribution in [0.15, 0.2) is 12.1 Å². The summed E-state index contributed by atoms with van der Waals surface area (Å²) in [5.74, 6) is 6.50. The van der Waals surface area contributed by atoms with E-state index < -0.39 is 11.7 Å². The zero-order valence-electron chi connectivity index (χ0n) is 12.9. The van der Waals surface area contributed by atoms with Crippen LogP contribution in [-0.2, 0) is 4.74 Å². The van der Waals surface area contributed by atoms with Gasteiger partial charge in [-0.05, 0) is 26.8 Å². The Morgan fingerprint density at radius 1 is 1.29 bits per heavy atom. The summed E-state index contributed by atoms with van der Waals surface area (Å²) in [6, 6.07) is 3.43. The van der Waals surface area contributed by atoms with E-state index in [1.165, 1.54) is 14.2 Å². The molecule has 1 aromatic heterocycles. The number of pyridine rings is 1. The zero-order valence-corrected chi connectivity index (χ0v) is 12.9. The Bertz CT molecular complexity index is 553. The lowest BCUT2D eigenvalue weighted by Gasteiger charge is -2.19. The highest BCUT2D eigenvalue weighted by Crippen LogP contribution is 2.18. The van der Waals surface area contributed by atoms with E-state index in [9.17, 15) is 4.79 Å². The van der Waals surface area contributed by atoms with Gasteiger partial charge in [-0.2, -0.15) is 4.98 Å². The van der Waals surface area contributed by atoms with Gasteiger partial charge in [0.15, 0.2) is 0 Å². The molecule has 0 spiro atoms. The van der Waals surface area contributed by atoms with Crippen molar-refractivity contribution < 1.29 is 19.0 Å². The van der Waals surface area contributed by atoms with Crippen LogP contribution in [0.1, 0.15) is 26.3 Å². The number of nitrogens with zero attached hydrogens (tertiary/aromatic N) is 1. The van der Waals surface area contributed by atoms with Crippen LogP contribution in [0.5, 0.6) is 11.8 Å². The highest BCUT2D eigenvalue weighted by atomic mass is 16.6. The molecular weight excluding hydrogens is 272 g/mol. The summed E-state index contributed by atoms with van der Waals surface area (Å²) in [6.07, 6.45) is -0.503. The van der Waals surface area contributed by atoms with Crippen molar-refractivity contribution in [3.63, 3.8) is 0 Å². The quantitative estimate of drug-likeness (QED) is 0.863. The molecule has 1 N–H and O–H groups in total. The first-order valence-electron chi connectivity index (χ1n) is 6.40. The fourth-order valence-electron chi connectivity index (χ4n) is 1.36. The lowest BCUT2D eigenvalue weighted by Crippen LogP contribution is -2.32. The van der Waals surface area contributed by atoms with E-state index >= 15 is 0 Å². The van der Waals surface area contributed by atoms with Crippen LogP contribution >= 0.6 is 0 Å². The Hall–Kier alpha value is -2.42. The average Bonchev–Trinajstić information content (AvgIpc) is 2.41. The summed E-state index contributed by atoms with van der Waals surface area (Å²) < 4.78 is 15.2. The van der Waals surface area contributed by atoms with Crippen LogP contribution in [0.25, 0.3) is 0 Å². The molecule has 0 saturated heterocycles. The molecule has 0 fully saturated rings. The Kier molecular flexibility index (Phi) is 5.85. The van der Waals surface area contributed by atoms with Crippen molar-refractivity contribution in [3.8, 4) is 23.6 Å². The average molecular weight is 292 g/mol. The number of methoxy groups -OCH3 is 2. The maximum absolute atomic E-state index is 11.4. The van der Waals surface area contributed by atoms with Gasteiger partial charge in [0.2, 0.25) is 11.8 Å². The van der Waals surface area contributed by atoms with Crippen molar-refractivity contribution in [1.29, 1.82) is 0 Å². The lowest BCUT2D eigenvalue weighted by molar-refractivity contribution is 0.0535. The third-order valence-corrected chi connectivity index (χ3v) is 2.18. The van der Waals surface area contributed by atoms with Crippen molar-refractivity contribution in [1.82, 2.24) is 10.3 Å². The Morgan fingerprint density at radius 3 is 2.57 bits per heavy atom. The minimum Gasteiger partial charge on any atom is -0.481 e. The number of hydrogen-bond donors (Lipinski definition) is 1. The molecule has 0 saturated carbocycles. The molecule has 0 aromatic carbocycles. The summed E-state index contributed by atoms with van der Waals surface area (Å²) in [4.78, 5) is 15.5. The number of rotatable bonds is 3. The SMILES string of the molecule is COc1ccc(C#CCNC(=O)OC(C)(C)C)c(OC)n1.